The first-order valence-corrected chi connectivity index (χ1v) is 7.97. The normalized spacial score (nSPS) is 26.9. The van der Waals surface area contributed by atoms with Gasteiger partial charge in [-0.1, -0.05) is 18.2 Å². The Labute approximate surface area is 125 Å². The molecule has 1 aromatic carbocycles. The molecule has 4 nitrogen and oxygen atoms in total. The van der Waals surface area contributed by atoms with Gasteiger partial charge >= 0.3 is 0 Å². The van der Waals surface area contributed by atoms with Crippen LogP contribution in [0.25, 0.3) is 0 Å². The van der Waals surface area contributed by atoms with Gasteiger partial charge in [0, 0.05) is 18.3 Å². The van der Waals surface area contributed by atoms with Gasteiger partial charge < -0.3 is 15.7 Å². The Balaban J connectivity index is 1.53. The Bertz CT molecular complexity index is 477. The van der Waals surface area contributed by atoms with Gasteiger partial charge in [-0.3, -0.25) is 4.79 Å². The zero-order chi connectivity index (χ0) is 14.7. The minimum absolute atomic E-state index is 0.138. The van der Waals surface area contributed by atoms with Gasteiger partial charge in [0.2, 0.25) is 5.91 Å². The summed E-state index contributed by atoms with van der Waals surface area (Å²) >= 11 is 0. The van der Waals surface area contributed by atoms with Gasteiger partial charge in [-0.05, 0) is 56.6 Å². The molecule has 2 fully saturated rings. The van der Waals surface area contributed by atoms with E-state index in [1.54, 1.807) is 0 Å². The van der Waals surface area contributed by atoms with Crippen molar-refractivity contribution in [2.45, 2.75) is 50.1 Å². The maximum Gasteiger partial charge on any atom is 0.245 e. The molecular formula is C17H24N2O2. The number of amides is 1. The first-order chi connectivity index (χ1) is 10.2. The number of carbonyl (C=O) groups is 1. The SMILES string of the molecule is O=C(NC1CCC(CO)CC1)C1(Nc2ccccc2)CC1. The summed E-state index contributed by atoms with van der Waals surface area (Å²) in [4.78, 5) is 12.5. The molecule has 2 aliphatic carbocycles. The number of benzene rings is 1. The summed E-state index contributed by atoms with van der Waals surface area (Å²) in [6, 6.07) is 10.2. The number of hydrogen-bond acceptors (Lipinski definition) is 3. The molecule has 0 bridgehead atoms. The molecule has 1 amide bonds. The van der Waals surface area contributed by atoms with Crippen molar-refractivity contribution in [1.82, 2.24) is 5.32 Å². The molecule has 2 aliphatic rings. The number of aliphatic hydroxyl groups excluding tert-OH is 1. The van der Waals surface area contributed by atoms with Crippen molar-refractivity contribution in [2.75, 3.05) is 11.9 Å². The molecule has 0 aliphatic heterocycles. The van der Waals surface area contributed by atoms with E-state index in [4.69, 9.17) is 5.11 Å². The first kappa shape index (κ1) is 14.4. The minimum Gasteiger partial charge on any atom is -0.396 e. The molecule has 0 heterocycles. The van der Waals surface area contributed by atoms with E-state index in [0.717, 1.165) is 44.2 Å². The lowest BCUT2D eigenvalue weighted by atomic mass is 9.86. The largest absolute Gasteiger partial charge is 0.396 e. The van der Waals surface area contributed by atoms with Crippen molar-refractivity contribution in [3.63, 3.8) is 0 Å². The van der Waals surface area contributed by atoms with Crippen LogP contribution in [0.3, 0.4) is 0 Å². The van der Waals surface area contributed by atoms with E-state index < -0.39 is 5.54 Å². The molecule has 0 unspecified atom stereocenters. The molecule has 3 rings (SSSR count). The van der Waals surface area contributed by atoms with Crippen molar-refractivity contribution >= 4 is 11.6 Å². The molecule has 0 spiro atoms. The van der Waals surface area contributed by atoms with Gasteiger partial charge in [0.05, 0.1) is 0 Å². The van der Waals surface area contributed by atoms with Gasteiger partial charge in [0.1, 0.15) is 5.54 Å². The molecule has 2 saturated carbocycles. The lowest BCUT2D eigenvalue weighted by Gasteiger charge is -2.29. The number of hydrogen-bond donors (Lipinski definition) is 3. The topological polar surface area (TPSA) is 61.4 Å². The lowest BCUT2D eigenvalue weighted by Crippen LogP contribution is -2.47. The van der Waals surface area contributed by atoms with Gasteiger partial charge in [-0.25, -0.2) is 0 Å². The molecule has 0 aromatic heterocycles. The maximum atomic E-state index is 12.5. The van der Waals surface area contributed by atoms with Crippen LogP contribution in [0.15, 0.2) is 30.3 Å². The number of carbonyl (C=O) groups excluding carboxylic acids is 1. The maximum absolute atomic E-state index is 12.5. The van der Waals surface area contributed by atoms with E-state index in [2.05, 4.69) is 10.6 Å². The second-order valence-corrected chi connectivity index (χ2v) is 6.45. The van der Waals surface area contributed by atoms with E-state index in [1.807, 2.05) is 30.3 Å². The van der Waals surface area contributed by atoms with E-state index >= 15 is 0 Å². The first-order valence-electron chi connectivity index (χ1n) is 7.97. The highest BCUT2D eigenvalue weighted by molar-refractivity contribution is 5.92. The second kappa shape index (κ2) is 6.06. The predicted molar refractivity (Wildman–Crippen MR) is 83.0 cm³/mol. The lowest BCUT2D eigenvalue weighted by molar-refractivity contribution is -0.123. The van der Waals surface area contributed by atoms with Gasteiger partial charge in [0.15, 0.2) is 0 Å². The van der Waals surface area contributed by atoms with Crippen LogP contribution < -0.4 is 10.6 Å². The van der Waals surface area contributed by atoms with E-state index in [-0.39, 0.29) is 18.6 Å². The van der Waals surface area contributed by atoms with Crippen molar-refractivity contribution in [3.8, 4) is 0 Å². The molecule has 3 N–H and O–H groups in total. The summed E-state index contributed by atoms with van der Waals surface area (Å²) in [5, 5.41) is 15.8. The molecule has 1 aromatic rings. The van der Waals surface area contributed by atoms with Crippen LogP contribution in [0.2, 0.25) is 0 Å². The average Bonchev–Trinajstić information content (AvgIpc) is 3.30. The molecule has 114 valence electrons. The fraction of sp³-hybridized carbons (Fsp3) is 0.588. The van der Waals surface area contributed by atoms with E-state index in [0.29, 0.717) is 5.92 Å². The minimum atomic E-state index is -0.394. The third kappa shape index (κ3) is 3.38. The number of nitrogens with one attached hydrogen (secondary N) is 2. The summed E-state index contributed by atoms with van der Waals surface area (Å²) in [7, 11) is 0. The average molecular weight is 288 g/mol. The van der Waals surface area contributed by atoms with E-state index in [1.165, 1.54) is 0 Å². The zero-order valence-electron chi connectivity index (χ0n) is 12.3. The van der Waals surface area contributed by atoms with Crippen LogP contribution in [-0.4, -0.2) is 29.2 Å². The molecule has 4 heteroatoms. The summed E-state index contributed by atoms with van der Waals surface area (Å²) in [5.41, 5.74) is 0.615. The van der Waals surface area contributed by atoms with Crippen LogP contribution in [0, 0.1) is 5.92 Å². The van der Waals surface area contributed by atoms with Gasteiger partial charge in [-0.2, -0.15) is 0 Å². The second-order valence-electron chi connectivity index (χ2n) is 6.45. The van der Waals surface area contributed by atoms with Gasteiger partial charge in [0.25, 0.3) is 0 Å². The summed E-state index contributed by atoms with van der Waals surface area (Å²) in [6.45, 7) is 0.278. The Hall–Kier alpha value is -1.55. The summed E-state index contributed by atoms with van der Waals surface area (Å²) in [6.07, 6.45) is 5.80. The Morgan fingerprint density at radius 3 is 2.38 bits per heavy atom. The van der Waals surface area contributed by atoms with Crippen LogP contribution in [0.1, 0.15) is 38.5 Å². The molecular weight excluding hydrogens is 264 g/mol. The Morgan fingerprint density at radius 1 is 1.14 bits per heavy atom. The van der Waals surface area contributed by atoms with Crippen LogP contribution in [0.4, 0.5) is 5.69 Å². The smallest absolute Gasteiger partial charge is 0.245 e. The molecule has 0 radical (unpaired) electrons. The molecule has 21 heavy (non-hydrogen) atoms. The third-order valence-corrected chi connectivity index (χ3v) is 4.78. The quantitative estimate of drug-likeness (QED) is 0.779. The predicted octanol–water partition coefficient (Wildman–Crippen LogP) is 2.30. The highest BCUT2D eigenvalue weighted by Gasteiger charge is 2.50. The third-order valence-electron chi connectivity index (χ3n) is 4.78. The zero-order valence-corrected chi connectivity index (χ0v) is 12.3. The number of aliphatic hydroxyl groups is 1. The fourth-order valence-electron chi connectivity index (χ4n) is 3.14. The summed E-state index contributed by atoms with van der Waals surface area (Å²) < 4.78 is 0. The number of anilines is 1. The fourth-order valence-corrected chi connectivity index (χ4v) is 3.14. The van der Waals surface area contributed by atoms with Crippen LogP contribution in [0.5, 0.6) is 0 Å². The number of para-hydroxylation sites is 1. The number of rotatable bonds is 5. The van der Waals surface area contributed by atoms with Crippen molar-refractivity contribution in [3.05, 3.63) is 30.3 Å². The Kier molecular flexibility index (Phi) is 4.15. The molecule has 0 atom stereocenters. The Morgan fingerprint density at radius 2 is 1.81 bits per heavy atom. The standard InChI is InChI=1S/C17H24N2O2/c20-12-13-6-8-14(9-7-13)18-16(21)17(10-11-17)19-15-4-2-1-3-5-15/h1-5,13-14,19-20H,6-12H2,(H,18,21). The van der Waals surface area contributed by atoms with Crippen LogP contribution in [-0.2, 0) is 4.79 Å². The van der Waals surface area contributed by atoms with Crippen molar-refractivity contribution in [1.29, 1.82) is 0 Å². The monoisotopic (exact) mass is 288 g/mol. The highest BCUT2D eigenvalue weighted by Crippen LogP contribution is 2.39. The van der Waals surface area contributed by atoms with Crippen molar-refractivity contribution < 1.29 is 9.90 Å². The van der Waals surface area contributed by atoms with Gasteiger partial charge in [-0.15, -0.1) is 0 Å². The van der Waals surface area contributed by atoms with Crippen LogP contribution >= 0.6 is 0 Å². The van der Waals surface area contributed by atoms with Crippen molar-refractivity contribution in [2.24, 2.45) is 5.92 Å². The summed E-state index contributed by atoms with van der Waals surface area (Å²) in [5.74, 6) is 0.564. The van der Waals surface area contributed by atoms with E-state index in [9.17, 15) is 4.79 Å². The molecule has 0 saturated heterocycles. The highest BCUT2D eigenvalue weighted by atomic mass is 16.3.